The highest BCUT2D eigenvalue weighted by Gasteiger charge is 2.50. The van der Waals surface area contributed by atoms with Gasteiger partial charge < -0.3 is 56.5 Å². The number of alkyl carbamates (subject to hydrolysis) is 1. The molecular formula is C64H82N10O12. The van der Waals surface area contributed by atoms with Crippen molar-refractivity contribution in [2.75, 3.05) is 32.8 Å². The average molecular weight is 1180 g/mol. The Hall–Kier alpha value is -8.66. The summed E-state index contributed by atoms with van der Waals surface area (Å²) in [6.07, 6.45) is 0.436. The summed E-state index contributed by atoms with van der Waals surface area (Å²) in [6, 6.07) is 23.7. The van der Waals surface area contributed by atoms with Crippen molar-refractivity contribution in [2.24, 2.45) is 11.8 Å². The van der Waals surface area contributed by atoms with Gasteiger partial charge in [-0.1, -0.05) is 102 Å². The monoisotopic (exact) mass is 1180 g/mol. The van der Waals surface area contributed by atoms with E-state index >= 15 is 0 Å². The minimum Gasteiger partial charge on any atom is -0.508 e. The zero-order chi connectivity index (χ0) is 62.2. The third kappa shape index (κ3) is 17.7. The van der Waals surface area contributed by atoms with Gasteiger partial charge in [0.2, 0.25) is 29.5 Å². The number of aromatic hydroxyl groups is 2. The van der Waals surface area contributed by atoms with E-state index in [9.17, 15) is 48.6 Å². The van der Waals surface area contributed by atoms with Crippen LogP contribution in [-0.2, 0) is 46.3 Å². The first-order chi connectivity index (χ1) is 41.0. The molecule has 2 saturated heterocycles. The van der Waals surface area contributed by atoms with Gasteiger partial charge in [0.1, 0.15) is 41.3 Å². The first-order valence-corrected chi connectivity index (χ1v) is 29.6. The molecular weight excluding hydrogens is 1100 g/mol. The number of phenols is 2. The summed E-state index contributed by atoms with van der Waals surface area (Å²) in [5.41, 5.74) is 2.29. The van der Waals surface area contributed by atoms with Gasteiger partial charge in [0.05, 0.1) is 18.2 Å². The number of benzene rings is 4. The van der Waals surface area contributed by atoms with Gasteiger partial charge in [-0.2, -0.15) is 0 Å². The molecule has 22 heteroatoms. The lowest BCUT2D eigenvalue weighted by molar-refractivity contribution is -0.135. The van der Waals surface area contributed by atoms with Crippen molar-refractivity contribution in [2.45, 2.75) is 149 Å². The van der Waals surface area contributed by atoms with Gasteiger partial charge in [-0.25, -0.2) is 4.79 Å². The lowest BCUT2D eigenvalue weighted by atomic mass is 9.93. The zero-order valence-corrected chi connectivity index (χ0v) is 50.3. The molecule has 1 aromatic heterocycles. The van der Waals surface area contributed by atoms with Crippen molar-refractivity contribution in [3.8, 4) is 28.6 Å². The highest BCUT2D eigenvalue weighted by molar-refractivity contribution is 5.99. The molecule has 0 bridgehead atoms. The first kappa shape index (κ1) is 64.9. The van der Waals surface area contributed by atoms with Crippen LogP contribution in [0.25, 0.3) is 17.1 Å². The number of piperidine rings is 1. The molecule has 0 radical (unpaired) electrons. The number of nitrogens with one attached hydrogen (secondary N) is 6. The Morgan fingerprint density at radius 2 is 1.28 bits per heavy atom. The van der Waals surface area contributed by atoms with Gasteiger partial charge in [0.15, 0.2) is 11.6 Å². The van der Waals surface area contributed by atoms with Crippen LogP contribution >= 0.6 is 0 Å². The Balaban J connectivity index is 0.934. The van der Waals surface area contributed by atoms with E-state index in [4.69, 9.17) is 9.47 Å². The highest BCUT2D eigenvalue weighted by Crippen LogP contribution is 2.38. The van der Waals surface area contributed by atoms with Crippen molar-refractivity contribution in [1.82, 2.24) is 51.6 Å². The maximum absolute atomic E-state index is 14.4. The quantitative estimate of drug-likeness (QED) is 0.0259. The largest absolute Gasteiger partial charge is 0.508 e. The number of carbonyl (C=O) groups is 8. The van der Waals surface area contributed by atoms with E-state index in [0.29, 0.717) is 49.0 Å². The average Bonchev–Trinajstić information content (AvgIpc) is 2.20. The summed E-state index contributed by atoms with van der Waals surface area (Å²) < 4.78 is 12.6. The Morgan fingerprint density at radius 1 is 0.698 bits per heavy atom. The number of aryl methyl sites for hydroxylation is 1. The van der Waals surface area contributed by atoms with Gasteiger partial charge in [-0.3, -0.25) is 38.1 Å². The fourth-order valence-corrected chi connectivity index (χ4v) is 10.3. The summed E-state index contributed by atoms with van der Waals surface area (Å²) in [7, 11) is 0. The summed E-state index contributed by atoms with van der Waals surface area (Å²) >= 11 is 0. The van der Waals surface area contributed by atoms with Crippen molar-refractivity contribution in [3.05, 3.63) is 125 Å². The molecule has 7 rings (SSSR count). The van der Waals surface area contributed by atoms with E-state index in [2.05, 4.69) is 42.1 Å². The van der Waals surface area contributed by atoms with Crippen LogP contribution in [0.15, 0.2) is 97.1 Å². The third-order valence-corrected chi connectivity index (χ3v) is 15.1. The Kier molecular flexibility index (Phi) is 22.6. The normalized spacial score (nSPS) is 16.3. The zero-order valence-electron chi connectivity index (χ0n) is 50.3. The van der Waals surface area contributed by atoms with Crippen LogP contribution in [0.1, 0.15) is 138 Å². The summed E-state index contributed by atoms with van der Waals surface area (Å²) in [6.45, 7) is 15.9. The number of carbonyl (C=O) groups excluding carboxylic acids is 8. The minimum absolute atomic E-state index is 0.0514. The van der Waals surface area contributed by atoms with E-state index in [0.717, 1.165) is 11.1 Å². The maximum atomic E-state index is 14.4. The van der Waals surface area contributed by atoms with Crippen molar-refractivity contribution < 1.29 is 58.0 Å². The molecule has 0 unspecified atom stereocenters. The second-order valence-corrected chi connectivity index (χ2v) is 23.4. The topological polar surface area (TPSA) is 305 Å². The summed E-state index contributed by atoms with van der Waals surface area (Å²) in [5.74, 6) is -3.72. The fourth-order valence-electron chi connectivity index (χ4n) is 10.3. The number of hydrogen-bond acceptors (Lipinski definition) is 14. The van der Waals surface area contributed by atoms with Crippen LogP contribution in [0.3, 0.4) is 0 Å². The number of aromatic nitrogens is 3. The van der Waals surface area contributed by atoms with Gasteiger partial charge in [0, 0.05) is 69.2 Å². The van der Waals surface area contributed by atoms with Crippen molar-refractivity contribution in [1.29, 1.82) is 0 Å². The minimum atomic E-state index is -1.12. The maximum Gasteiger partial charge on any atom is 0.407 e. The Bertz CT molecular complexity index is 3180. The number of ketones is 1. The number of epoxide rings is 1. The second-order valence-electron chi connectivity index (χ2n) is 23.4. The van der Waals surface area contributed by atoms with Crippen LogP contribution in [0, 0.1) is 11.8 Å². The van der Waals surface area contributed by atoms with E-state index in [-0.39, 0.29) is 110 Å². The van der Waals surface area contributed by atoms with Crippen LogP contribution in [0.5, 0.6) is 11.5 Å². The predicted octanol–water partition coefficient (Wildman–Crippen LogP) is 6.20. The molecule has 0 aliphatic carbocycles. The lowest BCUT2D eigenvalue weighted by Crippen LogP contribution is -2.59. The smallest absolute Gasteiger partial charge is 0.407 e. The molecule has 7 amide bonds. The molecule has 460 valence electrons. The molecule has 5 aromatic rings. The number of amides is 7. The van der Waals surface area contributed by atoms with Gasteiger partial charge in [-0.15, -0.1) is 10.2 Å². The van der Waals surface area contributed by atoms with Crippen molar-refractivity contribution in [3.63, 3.8) is 0 Å². The standard InChI is InChI=1S/C64H82N10O12/c1-9-65-61(82)57-72-71-56(47-35-46(40(6)7)52(75)36-53(47)76)74(57)44-23-21-43(22-24-44)62(83)73-30-27-45(28-31-73)86-63(84)66-29-26-54(77)67-48(25-20-41-16-12-10-13-17-41)58(79)69-50(33-39(4)5)59(80)70-51(34-42-18-14-11-15-19-42)60(81)68-49(32-38(2)3)55(78)64(8)37-85-64/h10-19,21-24,35-36,38-40,45,48-51,75-76H,9,20,25-34,37H2,1-8H3,(H,65,82)(H,66,84)(H,67,77)(H,68,81)(H,69,79)(H,70,80)/t48-,49-,50-,51-,64+/m0/s1. The molecule has 86 heavy (non-hydrogen) atoms. The van der Waals surface area contributed by atoms with E-state index in [1.807, 2.05) is 102 Å². The molecule has 0 saturated carbocycles. The molecule has 8 N–H and O–H groups in total. The molecule has 0 spiro atoms. The molecule has 2 aliphatic rings. The van der Waals surface area contributed by atoms with Crippen LogP contribution in [0.2, 0.25) is 0 Å². The second kappa shape index (κ2) is 29.9. The Morgan fingerprint density at radius 3 is 1.88 bits per heavy atom. The molecule has 3 heterocycles. The number of likely N-dealkylation sites (tertiary alicyclic amines) is 1. The van der Waals surface area contributed by atoms with Crippen LogP contribution in [-0.4, -0.2) is 146 Å². The molecule has 22 nitrogen and oxygen atoms in total. The highest BCUT2D eigenvalue weighted by atomic mass is 16.6. The number of nitrogens with zero attached hydrogens (tertiary/aromatic N) is 4. The number of phenolic OH excluding ortho intramolecular Hbond substituents is 2. The van der Waals surface area contributed by atoms with Crippen LogP contribution < -0.4 is 31.9 Å². The number of ether oxygens (including phenoxy) is 2. The summed E-state index contributed by atoms with van der Waals surface area (Å²) in [4.78, 5) is 112. The molecule has 2 aliphatic heterocycles. The van der Waals surface area contributed by atoms with E-state index in [1.165, 1.54) is 10.6 Å². The summed E-state index contributed by atoms with van der Waals surface area (Å²) in [5, 5.41) is 46.6. The third-order valence-electron chi connectivity index (χ3n) is 15.1. The first-order valence-electron chi connectivity index (χ1n) is 29.6. The SMILES string of the molecule is CCNC(=O)c1nnc(-c2cc(C(C)C)c(O)cc2O)n1-c1ccc(C(=O)N2CCC(OC(=O)NCCC(=O)N[C@@H](CCc3ccccc3)C(=O)N[C@@H](CC(C)C)C(=O)N[C@@H](Cc3ccccc3)C(=O)N[C@@H](CC(C)C)C(=O)[C@@]3(C)CO3)CC2)cc1. The van der Waals surface area contributed by atoms with Crippen LogP contribution in [0.4, 0.5) is 4.79 Å². The van der Waals surface area contributed by atoms with Gasteiger partial charge in [-0.05, 0) is 104 Å². The number of rotatable bonds is 28. The van der Waals surface area contributed by atoms with Gasteiger partial charge >= 0.3 is 6.09 Å². The van der Waals surface area contributed by atoms with Gasteiger partial charge in [0.25, 0.3) is 11.8 Å². The molecule has 5 atom stereocenters. The van der Waals surface area contributed by atoms with Crippen molar-refractivity contribution >= 4 is 47.3 Å². The fraction of sp³-hybridized carbons (Fsp3) is 0.469. The lowest BCUT2D eigenvalue weighted by Gasteiger charge is -2.31. The molecule has 2 fully saturated rings. The number of hydrogen-bond donors (Lipinski definition) is 8. The van der Waals surface area contributed by atoms with E-state index in [1.54, 1.807) is 49.1 Å². The molecule has 4 aromatic carbocycles. The van der Waals surface area contributed by atoms with E-state index < -0.39 is 71.5 Å². The predicted molar refractivity (Wildman–Crippen MR) is 321 cm³/mol. The Labute approximate surface area is 502 Å². The number of Topliss-reactive ketones (excluding diaryl/α,β-unsaturated/α-hetero) is 1.